The molecule has 0 aromatic carbocycles. The Kier molecular flexibility index (Phi) is 3.78. The van der Waals surface area contributed by atoms with Gasteiger partial charge < -0.3 is 15.4 Å². The van der Waals surface area contributed by atoms with Crippen molar-refractivity contribution in [2.45, 2.75) is 57.6 Å². The van der Waals surface area contributed by atoms with Crippen LogP contribution < -0.4 is 10.6 Å². The molecule has 0 bridgehead atoms. The van der Waals surface area contributed by atoms with Gasteiger partial charge in [-0.05, 0) is 39.5 Å². The van der Waals surface area contributed by atoms with E-state index in [2.05, 4.69) is 29.5 Å². The van der Waals surface area contributed by atoms with Gasteiger partial charge in [0.1, 0.15) is 17.5 Å². The summed E-state index contributed by atoms with van der Waals surface area (Å²) in [5, 5.41) is 6.91. The normalized spacial score (nSPS) is 25.1. The molecule has 3 rings (SSSR count). The molecular weight excluding hydrogens is 252 g/mol. The number of ether oxygens (including phenoxy) is 1. The zero-order valence-corrected chi connectivity index (χ0v) is 12.6. The predicted molar refractivity (Wildman–Crippen MR) is 80.3 cm³/mol. The Morgan fingerprint density at radius 3 is 2.50 bits per heavy atom. The number of nitrogens with one attached hydrogen (secondary N) is 2. The lowest BCUT2D eigenvalue weighted by atomic mass is 9.89. The fourth-order valence-electron chi connectivity index (χ4n) is 2.61. The van der Waals surface area contributed by atoms with Crippen molar-refractivity contribution in [3.8, 4) is 0 Å². The van der Waals surface area contributed by atoms with E-state index in [0.29, 0.717) is 18.1 Å². The Labute approximate surface area is 120 Å². The summed E-state index contributed by atoms with van der Waals surface area (Å²) in [6, 6.07) is 0.482. The quantitative estimate of drug-likeness (QED) is 0.836. The monoisotopic (exact) mass is 276 g/mol. The van der Waals surface area contributed by atoms with Crippen LogP contribution in [0.5, 0.6) is 0 Å². The lowest BCUT2D eigenvalue weighted by Gasteiger charge is -2.35. The smallest absolute Gasteiger partial charge is 0.136 e. The molecule has 0 unspecified atom stereocenters. The van der Waals surface area contributed by atoms with Gasteiger partial charge in [-0.3, -0.25) is 0 Å². The van der Waals surface area contributed by atoms with Crippen molar-refractivity contribution in [3.63, 3.8) is 0 Å². The van der Waals surface area contributed by atoms with Crippen molar-refractivity contribution in [2.24, 2.45) is 0 Å². The fourth-order valence-corrected chi connectivity index (χ4v) is 2.61. The van der Waals surface area contributed by atoms with Crippen LogP contribution >= 0.6 is 0 Å². The molecule has 0 atom stereocenters. The van der Waals surface area contributed by atoms with Crippen molar-refractivity contribution < 1.29 is 4.74 Å². The summed E-state index contributed by atoms with van der Waals surface area (Å²) in [7, 11) is 1.78. The molecule has 0 radical (unpaired) electrons. The van der Waals surface area contributed by atoms with E-state index in [9.17, 15) is 0 Å². The van der Waals surface area contributed by atoms with Crippen LogP contribution in [0.15, 0.2) is 0 Å². The van der Waals surface area contributed by atoms with E-state index >= 15 is 0 Å². The first-order valence-corrected chi connectivity index (χ1v) is 7.63. The van der Waals surface area contributed by atoms with Crippen LogP contribution in [-0.2, 0) is 4.74 Å². The highest BCUT2D eigenvalue weighted by atomic mass is 16.5. The van der Waals surface area contributed by atoms with Gasteiger partial charge in [-0.2, -0.15) is 0 Å². The van der Waals surface area contributed by atoms with E-state index in [-0.39, 0.29) is 0 Å². The van der Waals surface area contributed by atoms with Gasteiger partial charge in [0.15, 0.2) is 0 Å². The van der Waals surface area contributed by atoms with Gasteiger partial charge in [-0.25, -0.2) is 9.97 Å². The first kappa shape index (κ1) is 13.6. The maximum Gasteiger partial charge on any atom is 0.136 e. The standard InChI is InChI=1S/C15H24N4O/c1-4-16-13-9(2)14(17-11-7-12(8-11)20-3)19-15(18-13)10-5-6-10/h10-12H,4-8H2,1-3H3,(H2,16,17,18,19). The van der Waals surface area contributed by atoms with Crippen LogP contribution in [0.2, 0.25) is 0 Å². The van der Waals surface area contributed by atoms with E-state index < -0.39 is 0 Å². The van der Waals surface area contributed by atoms with Gasteiger partial charge in [0, 0.05) is 31.2 Å². The van der Waals surface area contributed by atoms with E-state index in [1.54, 1.807) is 7.11 Å². The zero-order valence-electron chi connectivity index (χ0n) is 12.6. The molecule has 1 heterocycles. The molecule has 2 aliphatic rings. The third kappa shape index (κ3) is 2.73. The Morgan fingerprint density at radius 2 is 1.90 bits per heavy atom. The summed E-state index contributed by atoms with van der Waals surface area (Å²) in [5.74, 6) is 3.55. The van der Waals surface area contributed by atoms with Gasteiger partial charge in [0.25, 0.3) is 0 Å². The highest BCUT2D eigenvalue weighted by Crippen LogP contribution is 2.40. The number of rotatable bonds is 6. The summed E-state index contributed by atoms with van der Waals surface area (Å²) in [6.45, 7) is 5.07. The number of hydrogen-bond donors (Lipinski definition) is 2. The molecule has 110 valence electrons. The molecule has 2 saturated carbocycles. The van der Waals surface area contributed by atoms with Crippen molar-refractivity contribution in [1.82, 2.24) is 9.97 Å². The maximum absolute atomic E-state index is 5.33. The minimum Gasteiger partial charge on any atom is -0.381 e. The number of anilines is 2. The Morgan fingerprint density at radius 1 is 1.20 bits per heavy atom. The summed E-state index contributed by atoms with van der Waals surface area (Å²) in [5.41, 5.74) is 1.12. The van der Waals surface area contributed by atoms with Crippen LogP contribution in [0.25, 0.3) is 0 Å². The molecule has 0 saturated heterocycles. The van der Waals surface area contributed by atoms with E-state index in [4.69, 9.17) is 9.72 Å². The number of aromatic nitrogens is 2. The third-order valence-corrected chi connectivity index (χ3v) is 4.22. The third-order valence-electron chi connectivity index (χ3n) is 4.22. The SMILES string of the molecule is CCNc1nc(C2CC2)nc(NC2CC(OC)C2)c1C. The second kappa shape index (κ2) is 5.56. The lowest BCUT2D eigenvalue weighted by molar-refractivity contribution is 0.0327. The molecule has 20 heavy (non-hydrogen) atoms. The second-order valence-corrected chi connectivity index (χ2v) is 5.88. The number of nitrogens with zero attached hydrogens (tertiary/aromatic N) is 2. The lowest BCUT2D eigenvalue weighted by Crippen LogP contribution is -2.40. The fraction of sp³-hybridized carbons (Fsp3) is 0.733. The number of hydrogen-bond acceptors (Lipinski definition) is 5. The van der Waals surface area contributed by atoms with E-state index in [0.717, 1.165) is 42.4 Å². The van der Waals surface area contributed by atoms with Gasteiger partial charge in [0.2, 0.25) is 0 Å². The highest BCUT2D eigenvalue weighted by Gasteiger charge is 2.31. The Hall–Kier alpha value is -1.36. The molecular formula is C15H24N4O. The molecule has 5 heteroatoms. The average Bonchev–Trinajstić information content (AvgIpc) is 3.21. The Balaban J connectivity index is 1.77. The predicted octanol–water partition coefficient (Wildman–Crippen LogP) is 2.68. The van der Waals surface area contributed by atoms with Gasteiger partial charge in [-0.15, -0.1) is 0 Å². The first-order valence-electron chi connectivity index (χ1n) is 7.63. The van der Waals surface area contributed by atoms with Crippen molar-refractivity contribution >= 4 is 11.6 Å². The van der Waals surface area contributed by atoms with Gasteiger partial charge in [0.05, 0.1) is 6.10 Å². The molecule has 0 aliphatic heterocycles. The molecule has 1 aromatic rings. The largest absolute Gasteiger partial charge is 0.381 e. The number of methoxy groups -OCH3 is 1. The van der Waals surface area contributed by atoms with Crippen LogP contribution in [0, 0.1) is 6.92 Å². The second-order valence-electron chi connectivity index (χ2n) is 5.88. The molecule has 1 aromatic heterocycles. The molecule has 5 nitrogen and oxygen atoms in total. The van der Waals surface area contributed by atoms with Gasteiger partial charge >= 0.3 is 0 Å². The van der Waals surface area contributed by atoms with Crippen molar-refractivity contribution in [3.05, 3.63) is 11.4 Å². The summed E-state index contributed by atoms with van der Waals surface area (Å²) < 4.78 is 5.33. The van der Waals surface area contributed by atoms with E-state index in [1.165, 1.54) is 12.8 Å². The molecule has 2 fully saturated rings. The molecule has 0 amide bonds. The van der Waals surface area contributed by atoms with Crippen LogP contribution in [0.4, 0.5) is 11.6 Å². The molecule has 2 aliphatic carbocycles. The maximum atomic E-state index is 5.33. The average molecular weight is 276 g/mol. The topological polar surface area (TPSA) is 59.1 Å². The first-order chi connectivity index (χ1) is 9.71. The van der Waals surface area contributed by atoms with Crippen molar-refractivity contribution in [2.75, 3.05) is 24.3 Å². The summed E-state index contributed by atoms with van der Waals surface area (Å²) >= 11 is 0. The van der Waals surface area contributed by atoms with Crippen LogP contribution in [0.3, 0.4) is 0 Å². The summed E-state index contributed by atoms with van der Waals surface area (Å²) in [4.78, 5) is 9.43. The van der Waals surface area contributed by atoms with Crippen molar-refractivity contribution in [1.29, 1.82) is 0 Å². The van der Waals surface area contributed by atoms with E-state index in [1.807, 2.05) is 0 Å². The summed E-state index contributed by atoms with van der Waals surface area (Å²) in [6.07, 6.45) is 4.99. The van der Waals surface area contributed by atoms with Crippen LogP contribution in [0.1, 0.15) is 49.9 Å². The minimum atomic E-state index is 0.408. The van der Waals surface area contributed by atoms with Crippen LogP contribution in [-0.4, -0.2) is 35.8 Å². The molecule has 0 spiro atoms. The van der Waals surface area contributed by atoms with Gasteiger partial charge in [-0.1, -0.05) is 0 Å². The minimum absolute atomic E-state index is 0.408. The Bertz CT molecular complexity index is 481. The highest BCUT2D eigenvalue weighted by molar-refractivity contribution is 5.58. The zero-order chi connectivity index (χ0) is 14.1. The molecule has 2 N–H and O–H groups in total.